The van der Waals surface area contributed by atoms with Crippen molar-refractivity contribution in [1.29, 1.82) is 0 Å². The normalized spacial score (nSPS) is 16.1. The summed E-state index contributed by atoms with van der Waals surface area (Å²) in [7, 11) is 1.63. The summed E-state index contributed by atoms with van der Waals surface area (Å²) in [4.78, 5) is 0. The maximum Gasteiger partial charge on any atom is 0.0169 e. The lowest BCUT2D eigenvalue weighted by Crippen LogP contribution is -2.17. The fourth-order valence-electron chi connectivity index (χ4n) is 0.158. The van der Waals surface area contributed by atoms with E-state index in [2.05, 4.69) is 39.4 Å². The Morgan fingerprint density at radius 3 is 1.75 bits per heavy atom. The minimum atomic E-state index is 0.395. The Kier molecular flexibility index (Phi) is 3.28. The topological polar surface area (TPSA) is 0 Å². The molecule has 0 aliphatic carbocycles. The molecule has 0 aromatic rings. The van der Waals surface area contributed by atoms with E-state index in [1.807, 2.05) is 0 Å². The Hall–Kier alpha value is 0.700. The zero-order valence-corrected chi connectivity index (χ0v) is 7.64. The van der Waals surface area contributed by atoms with E-state index < -0.39 is 0 Å². The molecule has 0 aliphatic heterocycles. The molecule has 0 saturated carbocycles. The Balaban J connectivity index is 3.62. The van der Waals surface area contributed by atoms with Gasteiger partial charge < -0.3 is 0 Å². The molecule has 0 fully saturated rings. The van der Waals surface area contributed by atoms with Crippen molar-refractivity contribution in [2.45, 2.75) is 32.9 Å². The SMILES string of the molecule is CC(SS)C(C)(C)C. The van der Waals surface area contributed by atoms with Gasteiger partial charge in [0.2, 0.25) is 0 Å². The maximum atomic E-state index is 4.13. The first-order valence-corrected chi connectivity index (χ1v) is 4.72. The first-order valence-electron chi connectivity index (χ1n) is 2.78. The molecule has 0 bridgehead atoms. The van der Waals surface area contributed by atoms with Gasteiger partial charge >= 0.3 is 0 Å². The fraction of sp³-hybridized carbons (Fsp3) is 1.00. The minimum Gasteiger partial charge on any atom is -0.111 e. The molecule has 0 aromatic carbocycles. The van der Waals surface area contributed by atoms with E-state index in [1.165, 1.54) is 0 Å². The van der Waals surface area contributed by atoms with Gasteiger partial charge in [-0.05, 0) is 5.41 Å². The van der Waals surface area contributed by atoms with Gasteiger partial charge in [-0.2, -0.15) is 0 Å². The first kappa shape index (κ1) is 8.70. The van der Waals surface area contributed by atoms with Crippen molar-refractivity contribution in [2.75, 3.05) is 0 Å². The molecule has 0 rings (SSSR count). The molecule has 2 heteroatoms. The van der Waals surface area contributed by atoms with Gasteiger partial charge in [0, 0.05) is 5.25 Å². The van der Waals surface area contributed by atoms with Crippen LogP contribution in [0.5, 0.6) is 0 Å². The van der Waals surface area contributed by atoms with Crippen molar-refractivity contribution in [3.05, 3.63) is 0 Å². The Bertz CT molecular complexity index is 63.4. The minimum absolute atomic E-state index is 0.395. The molecular formula is C6H14S2. The van der Waals surface area contributed by atoms with Gasteiger partial charge in [0.15, 0.2) is 0 Å². The molecule has 8 heavy (non-hydrogen) atoms. The standard InChI is InChI=1S/C6H14S2/c1-5(8-7)6(2,3)4/h5,7H,1-4H3. The summed E-state index contributed by atoms with van der Waals surface area (Å²) >= 11 is 4.13. The van der Waals surface area contributed by atoms with E-state index in [0.29, 0.717) is 10.7 Å². The molecule has 0 spiro atoms. The fourth-order valence-corrected chi connectivity index (χ4v) is 1.42. The van der Waals surface area contributed by atoms with Crippen molar-refractivity contribution in [3.63, 3.8) is 0 Å². The predicted molar refractivity (Wildman–Crippen MR) is 45.5 cm³/mol. The Labute approximate surface area is 61.2 Å². The van der Waals surface area contributed by atoms with E-state index in [0.717, 1.165) is 0 Å². The quantitative estimate of drug-likeness (QED) is 0.443. The molecule has 0 heterocycles. The van der Waals surface area contributed by atoms with E-state index in [4.69, 9.17) is 0 Å². The van der Waals surface area contributed by atoms with E-state index in [9.17, 15) is 0 Å². The second kappa shape index (κ2) is 3.02. The molecule has 0 nitrogen and oxygen atoms in total. The van der Waals surface area contributed by atoms with Crippen LogP contribution in [0.1, 0.15) is 27.7 Å². The summed E-state index contributed by atoms with van der Waals surface area (Å²) in [6, 6.07) is 0. The van der Waals surface area contributed by atoms with Gasteiger partial charge in [0.25, 0.3) is 0 Å². The molecule has 0 aliphatic rings. The smallest absolute Gasteiger partial charge is 0.0169 e. The van der Waals surface area contributed by atoms with Gasteiger partial charge in [0.1, 0.15) is 0 Å². The van der Waals surface area contributed by atoms with Gasteiger partial charge in [-0.3, -0.25) is 0 Å². The zero-order valence-electron chi connectivity index (χ0n) is 5.93. The van der Waals surface area contributed by atoms with Crippen LogP contribution in [0.2, 0.25) is 0 Å². The first-order chi connectivity index (χ1) is 3.48. The molecule has 0 aromatic heterocycles. The summed E-state index contributed by atoms with van der Waals surface area (Å²) in [5.74, 6) is 0. The summed E-state index contributed by atoms with van der Waals surface area (Å²) < 4.78 is 0. The van der Waals surface area contributed by atoms with Crippen molar-refractivity contribution in [3.8, 4) is 0 Å². The van der Waals surface area contributed by atoms with Crippen molar-refractivity contribution >= 4 is 22.5 Å². The summed E-state index contributed by atoms with van der Waals surface area (Å²) in [5, 5.41) is 0.630. The van der Waals surface area contributed by atoms with Gasteiger partial charge in [-0.15, -0.1) is 11.7 Å². The predicted octanol–water partition coefficient (Wildman–Crippen LogP) is 3.00. The number of hydrogen-bond donors (Lipinski definition) is 1. The van der Waals surface area contributed by atoms with Crippen LogP contribution in [-0.4, -0.2) is 5.25 Å². The van der Waals surface area contributed by atoms with Crippen LogP contribution in [0.15, 0.2) is 0 Å². The van der Waals surface area contributed by atoms with Gasteiger partial charge in [-0.25, -0.2) is 0 Å². The third kappa shape index (κ3) is 2.88. The van der Waals surface area contributed by atoms with Crippen molar-refractivity contribution in [2.24, 2.45) is 5.41 Å². The van der Waals surface area contributed by atoms with Crippen LogP contribution < -0.4 is 0 Å². The number of thiol groups is 1. The maximum absolute atomic E-state index is 4.13. The summed E-state index contributed by atoms with van der Waals surface area (Å²) in [6.07, 6.45) is 0. The Morgan fingerprint density at radius 1 is 1.38 bits per heavy atom. The van der Waals surface area contributed by atoms with Crippen molar-refractivity contribution < 1.29 is 0 Å². The lowest BCUT2D eigenvalue weighted by Gasteiger charge is -2.24. The highest BCUT2D eigenvalue weighted by Crippen LogP contribution is 2.31. The molecular weight excluding hydrogens is 136 g/mol. The van der Waals surface area contributed by atoms with Crippen LogP contribution in [0.25, 0.3) is 0 Å². The monoisotopic (exact) mass is 150 g/mol. The largest absolute Gasteiger partial charge is 0.111 e. The van der Waals surface area contributed by atoms with Crippen molar-refractivity contribution in [1.82, 2.24) is 0 Å². The average Bonchev–Trinajstić information content (AvgIpc) is 1.62. The number of hydrogen-bond acceptors (Lipinski definition) is 2. The molecule has 0 radical (unpaired) electrons. The average molecular weight is 150 g/mol. The van der Waals surface area contributed by atoms with Crippen LogP contribution in [0.4, 0.5) is 0 Å². The van der Waals surface area contributed by atoms with E-state index in [-0.39, 0.29) is 0 Å². The highest BCUT2D eigenvalue weighted by atomic mass is 33.1. The second-order valence-corrected chi connectivity index (χ2v) is 4.66. The number of rotatable bonds is 1. The summed E-state index contributed by atoms with van der Waals surface area (Å²) in [5.41, 5.74) is 0.395. The van der Waals surface area contributed by atoms with Crippen LogP contribution in [-0.2, 0) is 0 Å². The third-order valence-electron chi connectivity index (χ3n) is 1.38. The van der Waals surface area contributed by atoms with Crippen LogP contribution in [0.3, 0.4) is 0 Å². The highest BCUT2D eigenvalue weighted by Gasteiger charge is 2.18. The van der Waals surface area contributed by atoms with Gasteiger partial charge in [0.05, 0.1) is 0 Å². The summed E-state index contributed by atoms with van der Waals surface area (Å²) in [6.45, 7) is 8.86. The zero-order chi connectivity index (χ0) is 6.78. The third-order valence-corrected chi connectivity index (χ3v) is 3.35. The second-order valence-electron chi connectivity index (χ2n) is 3.11. The molecule has 0 N–H and O–H groups in total. The lowest BCUT2D eigenvalue weighted by atomic mass is 9.93. The molecule has 0 amide bonds. The molecule has 1 atom stereocenters. The molecule has 50 valence electrons. The Morgan fingerprint density at radius 2 is 1.75 bits per heavy atom. The van der Waals surface area contributed by atoms with Crippen LogP contribution in [0, 0.1) is 5.41 Å². The lowest BCUT2D eigenvalue weighted by molar-refractivity contribution is 0.412. The molecule has 0 saturated heterocycles. The van der Waals surface area contributed by atoms with E-state index in [1.54, 1.807) is 10.8 Å². The van der Waals surface area contributed by atoms with Crippen LogP contribution >= 0.6 is 22.5 Å². The van der Waals surface area contributed by atoms with E-state index >= 15 is 0 Å². The van der Waals surface area contributed by atoms with Gasteiger partial charge in [-0.1, -0.05) is 38.5 Å². The molecule has 1 unspecified atom stereocenters. The highest BCUT2D eigenvalue weighted by molar-refractivity contribution is 8.68.